The Balaban J connectivity index is 2.62. The first-order chi connectivity index (χ1) is 7.54. The van der Waals surface area contributed by atoms with E-state index >= 15 is 0 Å². The van der Waals surface area contributed by atoms with Crippen LogP contribution in [0.3, 0.4) is 0 Å². The maximum atomic E-state index is 11.2. The van der Waals surface area contributed by atoms with E-state index < -0.39 is 0 Å². The molecular weight excluding hydrogens is 206 g/mol. The maximum absolute atomic E-state index is 11.2. The van der Waals surface area contributed by atoms with E-state index in [2.05, 4.69) is 15.0 Å². The van der Waals surface area contributed by atoms with Crippen molar-refractivity contribution in [2.45, 2.75) is 13.8 Å². The van der Waals surface area contributed by atoms with Crippen LogP contribution in [0.4, 0.5) is 0 Å². The Morgan fingerprint density at radius 3 is 2.31 bits per heavy atom. The van der Waals surface area contributed by atoms with Gasteiger partial charge in [0.25, 0.3) is 5.56 Å². The summed E-state index contributed by atoms with van der Waals surface area (Å²) in [7, 11) is 0. The van der Waals surface area contributed by atoms with Gasteiger partial charge in [-0.1, -0.05) is 0 Å². The summed E-state index contributed by atoms with van der Waals surface area (Å²) in [5.41, 5.74) is 2.02. The Kier molecular flexibility index (Phi) is 2.44. The monoisotopic (exact) mass is 217 g/mol. The second kappa shape index (κ2) is 3.77. The predicted octanol–water partition coefficient (Wildman–Crippen LogP) is 1.15. The molecule has 82 valence electrons. The second-order valence-corrected chi connectivity index (χ2v) is 3.59. The van der Waals surface area contributed by atoms with Crippen molar-refractivity contribution >= 4 is 0 Å². The number of nitrogens with zero attached hydrogens (tertiary/aromatic N) is 2. The van der Waals surface area contributed by atoms with Crippen molar-refractivity contribution in [1.82, 2.24) is 15.0 Å². The molecule has 0 spiro atoms. The number of rotatable bonds is 1. The molecule has 2 rings (SSSR count). The lowest BCUT2D eigenvalue weighted by atomic mass is 10.2. The van der Waals surface area contributed by atoms with Crippen LogP contribution in [-0.4, -0.2) is 20.1 Å². The van der Waals surface area contributed by atoms with Crippen LogP contribution in [0.1, 0.15) is 11.4 Å². The highest BCUT2D eigenvalue weighted by Crippen LogP contribution is 2.16. The van der Waals surface area contributed by atoms with Gasteiger partial charge in [0, 0.05) is 17.0 Å². The number of H-pyrrole nitrogens is 1. The molecule has 0 atom stereocenters. The predicted molar refractivity (Wildman–Crippen MR) is 59.2 cm³/mol. The van der Waals surface area contributed by atoms with E-state index in [9.17, 15) is 9.90 Å². The summed E-state index contributed by atoms with van der Waals surface area (Å²) in [6.07, 6.45) is 0. The van der Waals surface area contributed by atoms with E-state index in [1.165, 1.54) is 0 Å². The van der Waals surface area contributed by atoms with Crippen LogP contribution >= 0.6 is 0 Å². The molecule has 0 aromatic carbocycles. The zero-order valence-corrected chi connectivity index (χ0v) is 8.98. The van der Waals surface area contributed by atoms with E-state index in [0.29, 0.717) is 5.82 Å². The lowest BCUT2D eigenvalue weighted by Gasteiger charge is -2.03. The third-order valence-electron chi connectivity index (χ3n) is 2.08. The lowest BCUT2D eigenvalue weighted by Crippen LogP contribution is -2.07. The SMILES string of the molecule is Cc1cc(-c2nc(O)cc(=O)[nH]2)cc(C)n1. The summed E-state index contributed by atoms with van der Waals surface area (Å²) in [6, 6.07) is 4.62. The van der Waals surface area contributed by atoms with Crippen molar-refractivity contribution in [3.05, 3.63) is 39.9 Å². The number of aryl methyl sites for hydroxylation is 2. The van der Waals surface area contributed by atoms with Gasteiger partial charge in [-0.2, -0.15) is 4.98 Å². The molecule has 0 bridgehead atoms. The van der Waals surface area contributed by atoms with Crippen LogP contribution in [0, 0.1) is 13.8 Å². The number of hydrogen-bond donors (Lipinski definition) is 2. The molecule has 5 nitrogen and oxygen atoms in total. The number of aromatic amines is 1. The van der Waals surface area contributed by atoms with Crippen LogP contribution in [-0.2, 0) is 0 Å². The first-order valence-corrected chi connectivity index (χ1v) is 4.80. The molecule has 2 aromatic rings. The highest BCUT2D eigenvalue weighted by atomic mass is 16.3. The highest BCUT2D eigenvalue weighted by molar-refractivity contribution is 5.56. The largest absolute Gasteiger partial charge is 0.493 e. The fourth-order valence-electron chi connectivity index (χ4n) is 1.55. The summed E-state index contributed by atoms with van der Waals surface area (Å²) in [4.78, 5) is 21.8. The van der Waals surface area contributed by atoms with Gasteiger partial charge >= 0.3 is 0 Å². The molecule has 2 N–H and O–H groups in total. The van der Waals surface area contributed by atoms with Gasteiger partial charge in [-0.15, -0.1) is 0 Å². The molecule has 0 saturated heterocycles. The van der Waals surface area contributed by atoms with Crippen LogP contribution in [0.15, 0.2) is 23.0 Å². The smallest absolute Gasteiger partial charge is 0.254 e. The summed E-state index contributed by atoms with van der Waals surface area (Å²) >= 11 is 0. The normalized spacial score (nSPS) is 10.4. The van der Waals surface area contributed by atoms with Crippen molar-refractivity contribution in [3.8, 4) is 17.3 Å². The van der Waals surface area contributed by atoms with Gasteiger partial charge in [0.2, 0.25) is 5.88 Å². The molecule has 2 aromatic heterocycles. The summed E-state index contributed by atoms with van der Waals surface area (Å²) < 4.78 is 0. The maximum Gasteiger partial charge on any atom is 0.254 e. The van der Waals surface area contributed by atoms with E-state index in [1.54, 1.807) is 12.1 Å². The number of aromatic hydroxyl groups is 1. The van der Waals surface area contributed by atoms with Crippen LogP contribution in [0.5, 0.6) is 5.88 Å². The van der Waals surface area contributed by atoms with Crippen molar-refractivity contribution in [1.29, 1.82) is 0 Å². The van der Waals surface area contributed by atoms with Crippen molar-refractivity contribution in [2.75, 3.05) is 0 Å². The molecule has 0 aliphatic carbocycles. The Bertz CT molecular complexity index is 570. The van der Waals surface area contributed by atoms with Crippen LogP contribution in [0.2, 0.25) is 0 Å². The van der Waals surface area contributed by atoms with Gasteiger partial charge in [-0.25, -0.2) is 0 Å². The molecule has 0 radical (unpaired) electrons. The Labute approximate surface area is 91.8 Å². The topological polar surface area (TPSA) is 78.9 Å². The zero-order chi connectivity index (χ0) is 11.7. The fourth-order valence-corrected chi connectivity index (χ4v) is 1.55. The van der Waals surface area contributed by atoms with Gasteiger partial charge in [0.1, 0.15) is 5.82 Å². The standard InChI is InChI=1S/C11H11N3O2/c1-6-3-8(4-7(2)12-6)11-13-9(15)5-10(16)14-11/h3-5H,1-2H3,(H2,13,14,15,16). The molecule has 0 aliphatic heterocycles. The van der Waals surface area contributed by atoms with Gasteiger partial charge < -0.3 is 10.1 Å². The third kappa shape index (κ3) is 2.08. The third-order valence-corrected chi connectivity index (χ3v) is 2.08. The minimum atomic E-state index is -0.380. The summed E-state index contributed by atoms with van der Waals surface area (Å²) in [5.74, 6) is 0.0597. The number of nitrogens with one attached hydrogen (secondary N) is 1. The zero-order valence-electron chi connectivity index (χ0n) is 8.98. The first-order valence-electron chi connectivity index (χ1n) is 4.80. The molecule has 2 heterocycles. The van der Waals surface area contributed by atoms with Crippen LogP contribution in [0.25, 0.3) is 11.4 Å². The lowest BCUT2D eigenvalue weighted by molar-refractivity contribution is 0.452. The molecule has 0 fully saturated rings. The highest BCUT2D eigenvalue weighted by Gasteiger charge is 2.04. The summed E-state index contributed by atoms with van der Waals surface area (Å²) in [5, 5.41) is 9.25. The van der Waals surface area contributed by atoms with Gasteiger partial charge in [0.05, 0.1) is 6.07 Å². The first kappa shape index (κ1) is 10.4. The van der Waals surface area contributed by atoms with E-state index in [4.69, 9.17) is 0 Å². The molecular formula is C11H11N3O2. The second-order valence-electron chi connectivity index (χ2n) is 3.59. The average Bonchev–Trinajstić information content (AvgIpc) is 2.14. The Hall–Kier alpha value is -2.17. The number of aromatic nitrogens is 3. The molecule has 0 aliphatic rings. The van der Waals surface area contributed by atoms with Gasteiger partial charge in [-0.05, 0) is 26.0 Å². The number of hydrogen-bond acceptors (Lipinski definition) is 4. The van der Waals surface area contributed by atoms with Crippen molar-refractivity contribution < 1.29 is 5.11 Å². The van der Waals surface area contributed by atoms with Crippen molar-refractivity contribution in [2.24, 2.45) is 0 Å². The van der Waals surface area contributed by atoms with E-state index in [-0.39, 0.29) is 11.4 Å². The summed E-state index contributed by atoms with van der Waals surface area (Å²) in [6.45, 7) is 3.72. The molecule has 0 unspecified atom stereocenters. The average molecular weight is 217 g/mol. The number of pyridine rings is 1. The van der Waals surface area contributed by atoms with Crippen molar-refractivity contribution in [3.63, 3.8) is 0 Å². The molecule has 0 saturated carbocycles. The fraction of sp³-hybridized carbons (Fsp3) is 0.182. The molecule has 0 amide bonds. The molecule has 16 heavy (non-hydrogen) atoms. The Morgan fingerprint density at radius 2 is 1.75 bits per heavy atom. The molecule has 5 heteroatoms. The van der Waals surface area contributed by atoms with Crippen LogP contribution < -0.4 is 5.56 Å². The Morgan fingerprint density at radius 1 is 1.12 bits per heavy atom. The van der Waals surface area contributed by atoms with E-state index in [1.807, 2.05) is 13.8 Å². The van der Waals surface area contributed by atoms with Gasteiger partial charge in [0.15, 0.2) is 0 Å². The minimum Gasteiger partial charge on any atom is -0.493 e. The van der Waals surface area contributed by atoms with E-state index in [0.717, 1.165) is 23.0 Å². The minimum absolute atomic E-state index is 0.286. The quantitative estimate of drug-likeness (QED) is 0.751. The van der Waals surface area contributed by atoms with Gasteiger partial charge in [-0.3, -0.25) is 9.78 Å².